The predicted molar refractivity (Wildman–Crippen MR) is 83.0 cm³/mol. The fraction of sp³-hybridized carbons (Fsp3) is 0.462. The Morgan fingerprint density at radius 2 is 2.19 bits per heavy atom. The molecule has 0 saturated carbocycles. The van der Waals surface area contributed by atoms with Crippen LogP contribution in [0.3, 0.4) is 0 Å². The Kier molecular flexibility index (Phi) is 4.77. The molecular formula is C13H14BrF3N2OS. The number of benzene rings is 1. The summed E-state index contributed by atoms with van der Waals surface area (Å²) < 4.78 is 40.7. The van der Waals surface area contributed by atoms with Gasteiger partial charge in [0.05, 0.1) is 10.0 Å². The summed E-state index contributed by atoms with van der Waals surface area (Å²) in [5.74, 6) is 0.620. The van der Waals surface area contributed by atoms with Crippen LogP contribution in [0, 0.1) is 0 Å². The third-order valence-corrected chi connectivity index (χ3v) is 4.91. The van der Waals surface area contributed by atoms with Crippen LogP contribution in [0.1, 0.15) is 20.3 Å². The standard InChI is InChI=1S/C13H14BrF3N2OS/c1-3-12(2)7-21-11(19-12)18-8-4-5-10(9(14)6-8)20-13(15,16)17/h4-6H,3,7H2,1-2H3,(H,18,19). The van der Waals surface area contributed by atoms with E-state index in [-0.39, 0.29) is 15.8 Å². The van der Waals surface area contributed by atoms with Crippen molar-refractivity contribution in [3.8, 4) is 5.75 Å². The molecule has 0 amide bonds. The van der Waals surface area contributed by atoms with Crippen LogP contribution < -0.4 is 10.1 Å². The number of hydrogen-bond acceptors (Lipinski definition) is 4. The molecule has 1 heterocycles. The van der Waals surface area contributed by atoms with Gasteiger partial charge in [0.2, 0.25) is 0 Å². The van der Waals surface area contributed by atoms with E-state index in [1.165, 1.54) is 18.2 Å². The van der Waals surface area contributed by atoms with Gasteiger partial charge in [-0.1, -0.05) is 18.7 Å². The number of nitrogens with one attached hydrogen (secondary N) is 1. The number of aliphatic imine (C=N–C) groups is 1. The second kappa shape index (κ2) is 6.08. The Labute approximate surface area is 133 Å². The van der Waals surface area contributed by atoms with Crippen LogP contribution >= 0.6 is 27.7 Å². The molecule has 1 N–H and O–H groups in total. The summed E-state index contributed by atoms with van der Waals surface area (Å²) in [6, 6.07) is 4.32. The molecular weight excluding hydrogens is 369 g/mol. The van der Waals surface area contributed by atoms with Gasteiger partial charge in [-0.25, -0.2) is 0 Å². The molecule has 0 bridgehead atoms. The summed E-state index contributed by atoms with van der Waals surface area (Å²) in [7, 11) is 0. The number of anilines is 1. The molecule has 116 valence electrons. The molecule has 1 aliphatic heterocycles. The largest absolute Gasteiger partial charge is 0.573 e. The highest BCUT2D eigenvalue weighted by molar-refractivity contribution is 9.10. The number of rotatable bonds is 3. The minimum atomic E-state index is -4.70. The number of alkyl halides is 3. The SMILES string of the molecule is CCC1(C)CSC(Nc2ccc(OC(F)(F)F)c(Br)c2)=N1. The van der Waals surface area contributed by atoms with Gasteiger partial charge in [-0.3, -0.25) is 4.99 Å². The van der Waals surface area contributed by atoms with Crippen molar-refractivity contribution in [3.05, 3.63) is 22.7 Å². The number of ether oxygens (including phenoxy) is 1. The van der Waals surface area contributed by atoms with E-state index in [1.54, 1.807) is 11.8 Å². The molecule has 1 aromatic carbocycles. The molecule has 1 atom stereocenters. The summed E-state index contributed by atoms with van der Waals surface area (Å²) >= 11 is 4.67. The van der Waals surface area contributed by atoms with Gasteiger partial charge >= 0.3 is 6.36 Å². The molecule has 1 aliphatic rings. The minimum absolute atomic E-state index is 0.0798. The summed E-state index contributed by atoms with van der Waals surface area (Å²) in [4.78, 5) is 4.59. The minimum Gasteiger partial charge on any atom is -0.405 e. The summed E-state index contributed by atoms with van der Waals surface area (Å²) in [6.07, 6.45) is -3.76. The Morgan fingerprint density at radius 3 is 2.71 bits per heavy atom. The van der Waals surface area contributed by atoms with Gasteiger partial charge in [-0.05, 0) is 47.5 Å². The van der Waals surface area contributed by atoms with Crippen LogP contribution in [0.2, 0.25) is 0 Å². The first kappa shape index (κ1) is 16.5. The van der Waals surface area contributed by atoms with Gasteiger partial charge in [-0.2, -0.15) is 0 Å². The molecule has 0 aromatic heterocycles. The molecule has 0 fully saturated rings. The van der Waals surface area contributed by atoms with E-state index in [0.29, 0.717) is 5.69 Å². The van der Waals surface area contributed by atoms with E-state index in [2.05, 4.69) is 44.8 Å². The van der Waals surface area contributed by atoms with Crippen LogP contribution in [-0.4, -0.2) is 22.8 Å². The first-order valence-electron chi connectivity index (χ1n) is 6.26. The lowest BCUT2D eigenvalue weighted by Crippen LogP contribution is -2.20. The van der Waals surface area contributed by atoms with Crippen molar-refractivity contribution in [1.82, 2.24) is 0 Å². The lowest BCUT2D eigenvalue weighted by molar-refractivity contribution is -0.274. The summed E-state index contributed by atoms with van der Waals surface area (Å²) in [5.41, 5.74) is 0.576. The van der Waals surface area contributed by atoms with E-state index in [1.807, 2.05) is 0 Å². The quantitative estimate of drug-likeness (QED) is 0.795. The molecule has 21 heavy (non-hydrogen) atoms. The summed E-state index contributed by atoms with van der Waals surface area (Å²) in [5, 5.41) is 3.88. The van der Waals surface area contributed by atoms with Crippen molar-refractivity contribution in [3.63, 3.8) is 0 Å². The number of nitrogens with zero attached hydrogens (tertiary/aromatic N) is 1. The van der Waals surface area contributed by atoms with E-state index >= 15 is 0 Å². The van der Waals surface area contributed by atoms with Crippen LogP contribution in [-0.2, 0) is 0 Å². The second-order valence-corrected chi connectivity index (χ2v) is 6.69. The van der Waals surface area contributed by atoms with E-state index in [9.17, 15) is 13.2 Å². The smallest absolute Gasteiger partial charge is 0.405 e. The summed E-state index contributed by atoms with van der Waals surface area (Å²) in [6.45, 7) is 4.15. The average Bonchev–Trinajstić information content (AvgIpc) is 2.74. The number of hydrogen-bond donors (Lipinski definition) is 1. The maximum atomic E-state index is 12.2. The Bertz CT molecular complexity index is 565. The third kappa shape index (κ3) is 4.54. The first-order chi connectivity index (χ1) is 9.71. The molecule has 1 aromatic rings. The molecule has 0 radical (unpaired) electrons. The third-order valence-electron chi connectivity index (χ3n) is 3.06. The highest BCUT2D eigenvalue weighted by Gasteiger charge is 2.32. The Hall–Kier alpha value is -0.890. The lowest BCUT2D eigenvalue weighted by Gasteiger charge is -2.15. The van der Waals surface area contributed by atoms with Crippen molar-refractivity contribution in [2.45, 2.75) is 32.2 Å². The zero-order valence-electron chi connectivity index (χ0n) is 11.4. The van der Waals surface area contributed by atoms with E-state index < -0.39 is 6.36 Å². The van der Waals surface area contributed by atoms with Crippen molar-refractivity contribution < 1.29 is 17.9 Å². The predicted octanol–water partition coefficient (Wildman–Crippen LogP) is 5.03. The van der Waals surface area contributed by atoms with Crippen LogP contribution in [0.15, 0.2) is 27.7 Å². The molecule has 0 saturated heterocycles. The van der Waals surface area contributed by atoms with Gasteiger partial charge < -0.3 is 10.1 Å². The topological polar surface area (TPSA) is 33.6 Å². The normalized spacial score (nSPS) is 22.1. The van der Waals surface area contributed by atoms with E-state index in [0.717, 1.165) is 17.3 Å². The van der Waals surface area contributed by atoms with Crippen LogP contribution in [0.25, 0.3) is 0 Å². The maximum Gasteiger partial charge on any atom is 0.573 e. The van der Waals surface area contributed by atoms with E-state index in [4.69, 9.17) is 0 Å². The van der Waals surface area contributed by atoms with Gasteiger partial charge in [-0.15, -0.1) is 13.2 Å². The van der Waals surface area contributed by atoms with Crippen LogP contribution in [0.5, 0.6) is 5.75 Å². The van der Waals surface area contributed by atoms with Crippen molar-refractivity contribution in [2.75, 3.05) is 11.1 Å². The lowest BCUT2D eigenvalue weighted by atomic mass is 10.0. The monoisotopic (exact) mass is 382 g/mol. The van der Waals surface area contributed by atoms with Crippen molar-refractivity contribution in [2.24, 2.45) is 4.99 Å². The zero-order chi connectivity index (χ0) is 15.7. The molecule has 2 rings (SSSR count). The van der Waals surface area contributed by atoms with Crippen molar-refractivity contribution in [1.29, 1.82) is 0 Å². The second-order valence-electron chi connectivity index (χ2n) is 4.87. The number of thioether (sulfide) groups is 1. The van der Waals surface area contributed by atoms with Gasteiger partial charge in [0.25, 0.3) is 0 Å². The van der Waals surface area contributed by atoms with Gasteiger partial charge in [0.1, 0.15) is 5.75 Å². The average molecular weight is 383 g/mol. The van der Waals surface area contributed by atoms with Crippen molar-refractivity contribution >= 4 is 38.5 Å². The van der Waals surface area contributed by atoms with Gasteiger partial charge in [0, 0.05) is 11.4 Å². The Morgan fingerprint density at radius 1 is 1.48 bits per heavy atom. The number of halogens is 4. The fourth-order valence-electron chi connectivity index (χ4n) is 1.69. The number of amidine groups is 1. The zero-order valence-corrected chi connectivity index (χ0v) is 13.8. The molecule has 0 spiro atoms. The van der Waals surface area contributed by atoms with Crippen LogP contribution in [0.4, 0.5) is 18.9 Å². The molecule has 1 unspecified atom stereocenters. The van der Waals surface area contributed by atoms with Gasteiger partial charge in [0.15, 0.2) is 5.17 Å². The Balaban J connectivity index is 2.10. The highest BCUT2D eigenvalue weighted by Crippen LogP contribution is 2.34. The highest BCUT2D eigenvalue weighted by atomic mass is 79.9. The fourth-order valence-corrected chi connectivity index (χ4v) is 3.34. The molecule has 3 nitrogen and oxygen atoms in total. The molecule has 8 heteroatoms. The maximum absolute atomic E-state index is 12.2. The first-order valence-corrected chi connectivity index (χ1v) is 8.04. The molecule has 0 aliphatic carbocycles.